The van der Waals surface area contributed by atoms with Gasteiger partial charge in [0.15, 0.2) is 0 Å². The summed E-state index contributed by atoms with van der Waals surface area (Å²) in [6.45, 7) is 2.28. The van der Waals surface area contributed by atoms with Gasteiger partial charge in [-0.25, -0.2) is 9.78 Å². The van der Waals surface area contributed by atoms with Crippen LogP contribution < -0.4 is 4.74 Å². The van der Waals surface area contributed by atoms with Crippen LogP contribution in [-0.2, 0) is 22.5 Å². The highest BCUT2D eigenvalue weighted by Crippen LogP contribution is 2.40. The largest absolute Gasteiger partial charge is 0.515 e. The topological polar surface area (TPSA) is 93.7 Å². The number of nitrogens with one attached hydrogen (secondary N) is 1. The third kappa shape index (κ3) is 2.97. The Morgan fingerprint density at radius 2 is 2.33 bits per heavy atom. The average molecular weight is 334 g/mol. The molecule has 0 saturated carbocycles. The summed E-state index contributed by atoms with van der Waals surface area (Å²) >= 11 is 0. The minimum atomic E-state index is -0.787. The summed E-state index contributed by atoms with van der Waals surface area (Å²) in [7, 11) is 1.58. The Balaban J connectivity index is 2.13. The molecule has 2 aromatic rings. The fourth-order valence-corrected chi connectivity index (χ4v) is 3.41. The maximum absolute atomic E-state index is 11.7. The zero-order valence-electron chi connectivity index (χ0n) is 13.9. The predicted molar refractivity (Wildman–Crippen MR) is 87.2 cm³/mol. The van der Waals surface area contributed by atoms with Crippen LogP contribution in [0.3, 0.4) is 0 Å². The summed E-state index contributed by atoms with van der Waals surface area (Å²) in [6, 6.07) is 0. The van der Waals surface area contributed by atoms with Crippen molar-refractivity contribution in [1.82, 2.24) is 9.97 Å². The quantitative estimate of drug-likeness (QED) is 0.817. The van der Waals surface area contributed by atoms with Gasteiger partial charge in [0, 0.05) is 24.1 Å². The van der Waals surface area contributed by atoms with E-state index < -0.39 is 6.16 Å². The number of pyridine rings is 1. The van der Waals surface area contributed by atoms with Gasteiger partial charge in [-0.2, -0.15) is 0 Å². The summed E-state index contributed by atoms with van der Waals surface area (Å²) < 4.78 is 15.4. The molecule has 1 aliphatic carbocycles. The Kier molecular flexibility index (Phi) is 5.01. The molecule has 2 N–H and O–H groups in total. The Morgan fingerprint density at radius 1 is 1.50 bits per heavy atom. The first-order chi connectivity index (χ1) is 11.7. The molecule has 24 heavy (non-hydrogen) atoms. The standard InChI is InChI=1S/C17H22N2O5/c1-3-23-17(21)24-16-11(9-22-2)15-13(7-18-16)19-12-6-4-5-10(8-20)14(12)15/h7,10,19-20H,3-6,8-9H2,1-2H3. The van der Waals surface area contributed by atoms with Crippen LogP contribution in [0.15, 0.2) is 6.20 Å². The van der Waals surface area contributed by atoms with E-state index in [2.05, 4.69) is 9.97 Å². The van der Waals surface area contributed by atoms with Crippen LogP contribution in [0, 0.1) is 0 Å². The lowest BCUT2D eigenvalue weighted by atomic mass is 9.85. The molecule has 0 aromatic carbocycles. The highest BCUT2D eigenvalue weighted by atomic mass is 16.7. The molecule has 0 spiro atoms. The zero-order chi connectivity index (χ0) is 17.1. The lowest BCUT2D eigenvalue weighted by molar-refractivity contribution is 0.101. The fourth-order valence-electron chi connectivity index (χ4n) is 3.41. The number of methoxy groups -OCH3 is 1. The van der Waals surface area contributed by atoms with Crippen molar-refractivity contribution in [3.63, 3.8) is 0 Å². The lowest BCUT2D eigenvalue weighted by Crippen LogP contribution is -2.14. The van der Waals surface area contributed by atoms with Crippen molar-refractivity contribution < 1.29 is 24.1 Å². The molecule has 130 valence electrons. The smallest absolute Gasteiger partial charge is 0.434 e. The number of ether oxygens (including phenoxy) is 3. The molecule has 2 aromatic heterocycles. The van der Waals surface area contributed by atoms with Gasteiger partial charge in [-0.1, -0.05) is 0 Å². The molecule has 7 nitrogen and oxygen atoms in total. The number of hydrogen-bond acceptors (Lipinski definition) is 6. The van der Waals surface area contributed by atoms with Gasteiger partial charge in [0.05, 0.1) is 37.1 Å². The van der Waals surface area contributed by atoms with Crippen LogP contribution in [0.1, 0.15) is 42.5 Å². The van der Waals surface area contributed by atoms with E-state index in [1.54, 1.807) is 20.2 Å². The van der Waals surface area contributed by atoms with Crippen molar-refractivity contribution in [1.29, 1.82) is 0 Å². The third-order valence-corrected chi connectivity index (χ3v) is 4.36. The van der Waals surface area contributed by atoms with Gasteiger partial charge in [-0.3, -0.25) is 0 Å². The first kappa shape index (κ1) is 16.7. The van der Waals surface area contributed by atoms with Crippen LogP contribution >= 0.6 is 0 Å². The molecular weight excluding hydrogens is 312 g/mol. The van der Waals surface area contributed by atoms with E-state index in [1.807, 2.05) is 0 Å². The fraction of sp³-hybridized carbons (Fsp3) is 0.529. The van der Waals surface area contributed by atoms with E-state index in [0.717, 1.165) is 41.4 Å². The summed E-state index contributed by atoms with van der Waals surface area (Å²) in [4.78, 5) is 19.3. The molecule has 0 amide bonds. The van der Waals surface area contributed by atoms with Gasteiger partial charge in [-0.15, -0.1) is 0 Å². The maximum Gasteiger partial charge on any atom is 0.515 e. The number of carbonyl (C=O) groups is 1. The maximum atomic E-state index is 11.7. The summed E-state index contributed by atoms with van der Waals surface area (Å²) in [5.74, 6) is 0.253. The van der Waals surface area contributed by atoms with Crippen molar-refractivity contribution >= 4 is 17.1 Å². The highest BCUT2D eigenvalue weighted by molar-refractivity contribution is 5.90. The molecule has 1 aliphatic rings. The molecule has 0 aliphatic heterocycles. The molecule has 0 fully saturated rings. The molecule has 0 saturated heterocycles. The predicted octanol–water partition coefficient (Wildman–Crippen LogP) is 2.66. The first-order valence-electron chi connectivity index (χ1n) is 8.16. The average Bonchev–Trinajstić information content (AvgIpc) is 2.96. The molecule has 1 atom stereocenters. The van der Waals surface area contributed by atoms with Gasteiger partial charge in [0.25, 0.3) is 0 Å². The number of aliphatic hydroxyl groups excluding tert-OH is 1. The lowest BCUT2D eigenvalue weighted by Gasteiger charge is -2.21. The minimum absolute atomic E-state index is 0.0657. The Hall–Kier alpha value is -2.12. The summed E-state index contributed by atoms with van der Waals surface area (Å²) in [6.07, 6.45) is 3.75. The van der Waals surface area contributed by atoms with Crippen LogP contribution in [0.25, 0.3) is 10.9 Å². The number of hydrogen-bond donors (Lipinski definition) is 2. The van der Waals surface area contributed by atoms with Crippen LogP contribution in [-0.4, -0.2) is 41.6 Å². The third-order valence-electron chi connectivity index (χ3n) is 4.36. The molecule has 0 radical (unpaired) electrons. The highest BCUT2D eigenvalue weighted by Gasteiger charge is 2.28. The van der Waals surface area contributed by atoms with Crippen LogP contribution in [0.2, 0.25) is 0 Å². The molecule has 7 heteroatoms. The molecule has 3 rings (SSSR count). The number of aromatic amines is 1. The van der Waals surface area contributed by atoms with Gasteiger partial charge in [0.2, 0.25) is 5.88 Å². The van der Waals surface area contributed by atoms with E-state index in [1.165, 1.54) is 0 Å². The van der Waals surface area contributed by atoms with Crippen molar-refractivity contribution in [2.24, 2.45) is 0 Å². The number of rotatable bonds is 5. The van der Waals surface area contributed by atoms with Crippen molar-refractivity contribution in [2.75, 3.05) is 20.3 Å². The second-order valence-electron chi connectivity index (χ2n) is 5.84. The minimum Gasteiger partial charge on any atom is -0.434 e. The second kappa shape index (κ2) is 7.19. The number of H-pyrrole nitrogens is 1. The molecular formula is C17H22N2O5. The Bertz CT molecular complexity index is 740. The summed E-state index contributed by atoms with van der Waals surface area (Å²) in [5, 5.41) is 10.7. The molecule has 0 bridgehead atoms. The Morgan fingerprint density at radius 3 is 3.04 bits per heavy atom. The van der Waals surface area contributed by atoms with Crippen LogP contribution in [0.5, 0.6) is 5.88 Å². The first-order valence-corrected chi connectivity index (χ1v) is 8.16. The SMILES string of the molecule is CCOC(=O)Oc1ncc2[nH]c3c(c2c1COC)C(CO)CCC3. The van der Waals surface area contributed by atoms with Gasteiger partial charge >= 0.3 is 6.16 Å². The number of aliphatic hydroxyl groups is 1. The van der Waals surface area contributed by atoms with Crippen molar-refractivity contribution in [3.8, 4) is 5.88 Å². The van der Waals surface area contributed by atoms with Gasteiger partial charge in [0.1, 0.15) is 0 Å². The van der Waals surface area contributed by atoms with Gasteiger partial charge < -0.3 is 24.3 Å². The van der Waals surface area contributed by atoms with E-state index in [4.69, 9.17) is 14.2 Å². The number of nitrogens with zero attached hydrogens (tertiary/aromatic N) is 1. The van der Waals surface area contributed by atoms with Crippen molar-refractivity contribution in [3.05, 3.63) is 23.0 Å². The van der Waals surface area contributed by atoms with E-state index in [0.29, 0.717) is 5.56 Å². The van der Waals surface area contributed by atoms with E-state index in [9.17, 15) is 9.90 Å². The normalized spacial score (nSPS) is 16.9. The monoisotopic (exact) mass is 334 g/mol. The van der Waals surface area contributed by atoms with E-state index >= 15 is 0 Å². The van der Waals surface area contributed by atoms with E-state index in [-0.39, 0.29) is 31.6 Å². The van der Waals surface area contributed by atoms with Crippen molar-refractivity contribution in [2.45, 2.75) is 38.7 Å². The van der Waals surface area contributed by atoms with Crippen LogP contribution in [0.4, 0.5) is 4.79 Å². The molecule has 1 unspecified atom stereocenters. The number of carbonyl (C=O) groups excluding carboxylic acids is 1. The second-order valence-corrected chi connectivity index (χ2v) is 5.84. The number of fused-ring (bicyclic) bond motifs is 3. The molecule has 2 heterocycles. The Labute approximate surface area is 139 Å². The number of aryl methyl sites for hydroxylation is 1. The summed E-state index contributed by atoms with van der Waals surface area (Å²) in [5.41, 5.74) is 3.76. The zero-order valence-corrected chi connectivity index (χ0v) is 13.9. The number of aromatic nitrogens is 2. The van der Waals surface area contributed by atoms with Gasteiger partial charge in [-0.05, 0) is 31.7 Å².